The van der Waals surface area contributed by atoms with Gasteiger partial charge in [-0.2, -0.15) is 13.2 Å². The number of benzene rings is 1. The molecule has 0 aliphatic carbocycles. The van der Waals surface area contributed by atoms with Crippen LogP contribution in [0.2, 0.25) is 0 Å². The van der Waals surface area contributed by atoms with Gasteiger partial charge in [-0.3, -0.25) is 0 Å². The lowest BCUT2D eigenvalue weighted by Gasteiger charge is -2.13. The molecular weight excluding hydrogens is 275 g/mol. The van der Waals surface area contributed by atoms with Crippen molar-refractivity contribution in [1.82, 2.24) is 0 Å². The topological polar surface area (TPSA) is 12.0 Å². The molecule has 4 heteroatoms. The van der Waals surface area contributed by atoms with E-state index in [2.05, 4.69) is 12.2 Å². The number of nitrogens with one attached hydrogen (secondary N) is 1. The van der Waals surface area contributed by atoms with Gasteiger partial charge < -0.3 is 5.32 Å². The van der Waals surface area contributed by atoms with Gasteiger partial charge in [-0.25, -0.2) is 0 Å². The lowest BCUT2D eigenvalue weighted by Crippen LogP contribution is -2.08. The third kappa shape index (κ3) is 4.14. The van der Waals surface area contributed by atoms with Crippen molar-refractivity contribution in [3.8, 4) is 0 Å². The summed E-state index contributed by atoms with van der Waals surface area (Å²) in [5, 5.41) is 2.97. The molecule has 1 aliphatic heterocycles. The molecule has 0 saturated carbocycles. The third-order valence-electron chi connectivity index (χ3n) is 4.27. The van der Waals surface area contributed by atoms with Gasteiger partial charge in [0, 0.05) is 18.2 Å². The summed E-state index contributed by atoms with van der Waals surface area (Å²) in [5.74, 6) is 0.230. The van der Waals surface area contributed by atoms with Crippen LogP contribution in [-0.4, -0.2) is 6.54 Å². The third-order valence-corrected chi connectivity index (χ3v) is 4.27. The molecule has 1 nitrogen and oxygen atoms in total. The number of unbranched alkanes of at least 4 members (excludes halogenated alkanes) is 5. The predicted octanol–water partition coefficient (Wildman–Crippen LogP) is 5.97. The minimum absolute atomic E-state index is 0.230. The van der Waals surface area contributed by atoms with Crippen molar-refractivity contribution in [1.29, 1.82) is 0 Å². The molecule has 0 amide bonds. The molecule has 21 heavy (non-hydrogen) atoms. The van der Waals surface area contributed by atoms with E-state index in [4.69, 9.17) is 0 Å². The first kappa shape index (κ1) is 16.2. The van der Waals surface area contributed by atoms with Crippen molar-refractivity contribution in [2.75, 3.05) is 11.9 Å². The molecule has 0 aromatic heterocycles. The van der Waals surface area contributed by atoms with Gasteiger partial charge in [0.05, 0.1) is 5.56 Å². The molecule has 0 spiro atoms. The fraction of sp³-hybridized carbons (Fsp3) is 0.647. The average Bonchev–Trinajstić information content (AvgIpc) is 2.85. The molecule has 1 heterocycles. The Labute approximate surface area is 124 Å². The van der Waals surface area contributed by atoms with Crippen molar-refractivity contribution < 1.29 is 13.2 Å². The maximum atomic E-state index is 13.0. The van der Waals surface area contributed by atoms with Gasteiger partial charge in [-0.05, 0) is 18.1 Å². The molecule has 1 aromatic carbocycles. The molecule has 0 bridgehead atoms. The first-order valence-corrected chi connectivity index (χ1v) is 7.98. The molecule has 0 radical (unpaired) electrons. The summed E-state index contributed by atoms with van der Waals surface area (Å²) in [5.41, 5.74) is 0.629. The van der Waals surface area contributed by atoms with Gasteiger partial charge in [0.25, 0.3) is 0 Å². The lowest BCUT2D eigenvalue weighted by molar-refractivity contribution is -0.136. The number of alkyl halides is 3. The van der Waals surface area contributed by atoms with Crippen LogP contribution in [0.25, 0.3) is 0 Å². The maximum absolute atomic E-state index is 13.0. The van der Waals surface area contributed by atoms with Crippen LogP contribution in [0.5, 0.6) is 0 Å². The summed E-state index contributed by atoms with van der Waals surface area (Å²) in [6.45, 7) is 2.83. The van der Waals surface area contributed by atoms with E-state index in [0.717, 1.165) is 18.4 Å². The minimum atomic E-state index is -4.27. The van der Waals surface area contributed by atoms with E-state index < -0.39 is 11.7 Å². The molecule has 1 aromatic rings. The largest absolute Gasteiger partial charge is 0.418 e. The van der Waals surface area contributed by atoms with Gasteiger partial charge in [-0.15, -0.1) is 0 Å². The summed E-state index contributed by atoms with van der Waals surface area (Å²) in [6.07, 6.45) is 4.03. The van der Waals surface area contributed by atoms with Crippen molar-refractivity contribution in [3.63, 3.8) is 0 Å². The summed E-state index contributed by atoms with van der Waals surface area (Å²) < 4.78 is 38.9. The quantitative estimate of drug-likeness (QED) is 0.612. The number of para-hydroxylation sites is 1. The van der Waals surface area contributed by atoms with E-state index in [9.17, 15) is 13.2 Å². The van der Waals surface area contributed by atoms with E-state index in [1.807, 2.05) is 6.07 Å². The zero-order valence-electron chi connectivity index (χ0n) is 12.6. The average molecular weight is 299 g/mol. The summed E-state index contributed by atoms with van der Waals surface area (Å²) in [6, 6.07) is 4.54. The highest BCUT2D eigenvalue weighted by Gasteiger charge is 2.37. The van der Waals surface area contributed by atoms with Crippen LogP contribution in [0.3, 0.4) is 0 Å². The molecule has 1 atom stereocenters. The Morgan fingerprint density at radius 1 is 1.10 bits per heavy atom. The van der Waals surface area contributed by atoms with Gasteiger partial charge in [0.2, 0.25) is 0 Å². The molecule has 1 N–H and O–H groups in total. The number of fused-ring (bicyclic) bond motifs is 1. The number of hydrogen-bond donors (Lipinski definition) is 1. The highest BCUT2D eigenvalue weighted by molar-refractivity contribution is 5.64. The molecule has 118 valence electrons. The molecule has 0 saturated heterocycles. The van der Waals surface area contributed by atoms with Crippen molar-refractivity contribution in [3.05, 3.63) is 29.3 Å². The van der Waals surface area contributed by atoms with E-state index in [0.29, 0.717) is 12.2 Å². The highest BCUT2D eigenvalue weighted by atomic mass is 19.4. The van der Waals surface area contributed by atoms with Crippen molar-refractivity contribution in [2.24, 2.45) is 0 Å². The van der Waals surface area contributed by atoms with Crippen LogP contribution in [-0.2, 0) is 6.18 Å². The molecule has 1 aliphatic rings. The zero-order valence-corrected chi connectivity index (χ0v) is 12.6. The van der Waals surface area contributed by atoms with Crippen molar-refractivity contribution in [2.45, 2.75) is 64.0 Å². The van der Waals surface area contributed by atoms with Gasteiger partial charge in [0.15, 0.2) is 0 Å². The molecular formula is C17H24F3N. The summed E-state index contributed by atoms with van der Waals surface area (Å²) in [7, 11) is 0. The first-order chi connectivity index (χ1) is 10.0. The second-order valence-corrected chi connectivity index (χ2v) is 5.90. The highest BCUT2D eigenvalue weighted by Crippen LogP contribution is 2.43. The maximum Gasteiger partial charge on any atom is 0.418 e. The Morgan fingerprint density at radius 3 is 2.52 bits per heavy atom. The normalized spacial score (nSPS) is 17.6. The van der Waals surface area contributed by atoms with Crippen LogP contribution in [0.15, 0.2) is 18.2 Å². The van der Waals surface area contributed by atoms with Crippen LogP contribution >= 0.6 is 0 Å². The first-order valence-electron chi connectivity index (χ1n) is 7.98. The fourth-order valence-electron chi connectivity index (χ4n) is 3.11. The van der Waals surface area contributed by atoms with Crippen molar-refractivity contribution >= 4 is 5.69 Å². The zero-order chi connectivity index (χ0) is 15.3. The second kappa shape index (κ2) is 7.19. The lowest BCUT2D eigenvalue weighted by atomic mass is 9.93. The van der Waals surface area contributed by atoms with Gasteiger partial charge in [-0.1, -0.05) is 57.6 Å². The Kier molecular flexibility index (Phi) is 5.54. The molecule has 1 unspecified atom stereocenters. The van der Waals surface area contributed by atoms with E-state index in [1.165, 1.54) is 44.2 Å². The van der Waals surface area contributed by atoms with Crippen LogP contribution < -0.4 is 5.32 Å². The monoisotopic (exact) mass is 299 g/mol. The number of halogens is 3. The standard InChI is InChI=1S/C17H24F3N/c1-2-3-4-5-6-7-9-13-12-21-16-14(13)10-8-11-15(16)17(18,19)20/h8,10-11,13,21H,2-7,9,12H2,1H3. The summed E-state index contributed by atoms with van der Waals surface area (Å²) in [4.78, 5) is 0. The van der Waals surface area contributed by atoms with E-state index in [1.54, 1.807) is 0 Å². The van der Waals surface area contributed by atoms with Crippen LogP contribution in [0.4, 0.5) is 18.9 Å². The Balaban J connectivity index is 1.90. The van der Waals surface area contributed by atoms with E-state index >= 15 is 0 Å². The second-order valence-electron chi connectivity index (χ2n) is 5.90. The fourth-order valence-corrected chi connectivity index (χ4v) is 3.11. The smallest absolute Gasteiger partial charge is 0.384 e. The summed E-state index contributed by atoms with van der Waals surface area (Å²) >= 11 is 0. The Bertz CT molecular complexity index is 454. The van der Waals surface area contributed by atoms with Crippen LogP contribution in [0.1, 0.15) is 68.9 Å². The van der Waals surface area contributed by atoms with E-state index in [-0.39, 0.29) is 5.92 Å². The van der Waals surface area contributed by atoms with Crippen LogP contribution in [0, 0.1) is 0 Å². The predicted molar refractivity (Wildman–Crippen MR) is 80.7 cm³/mol. The number of hydrogen-bond acceptors (Lipinski definition) is 1. The SMILES string of the molecule is CCCCCCCCC1CNc2c1cccc2C(F)(F)F. The Hall–Kier alpha value is -1.19. The number of rotatable bonds is 7. The molecule has 0 fully saturated rings. The number of anilines is 1. The molecule has 2 rings (SSSR count). The van der Waals surface area contributed by atoms with Gasteiger partial charge >= 0.3 is 6.18 Å². The Morgan fingerprint density at radius 2 is 1.81 bits per heavy atom. The van der Waals surface area contributed by atoms with Gasteiger partial charge in [0.1, 0.15) is 0 Å². The minimum Gasteiger partial charge on any atom is -0.384 e.